The van der Waals surface area contributed by atoms with Gasteiger partial charge >= 0.3 is 0 Å². The van der Waals surface area contributed by atoms with E-state index in [1.54, 1.807) is 14.2 Å². The fourth-order valence-electron chi connectivity index (χ4n) is 2.71. The van der Waals surface area contributed by atoms with Crippen LogP contribution in [-0.4, -0.2) is 26.8 Å². The van der Waals surface area contributed by atoms with Crippen molar-refractivity contribution in [3.8, 4) is 11.5 Å². The number of methoxy groups -OCH3 is 2. The second-order valence-electron chi connectivity index (χ2n) is 4.83. The Morgan fingerprint density at radius 3 is 2.68 bits per heavy atom. The summed E-state index contributed by atoms with van der Waals surface area (Å²) >= 11 is 0. The summed E-state index contributed by atoms with van der Waals surface area (Å²) in [6.07, 6.45) is 4.53. The SMILES string of the molecule is Br.CCCN[C@H]1CCc2c(ccc(OC)c2OC)C1. The molecule has 0 saturated heterocycles. The molecule has 0 amide bonds. The molecule has 0 radical (unpaired) electrons. The van der Waals surface area contributed by atoms with Gasteiger partial charge in [0, 0.05) is 11.6 Å². The summed E-state index contributed by atoms with van der Waals surface area (Å²) in [5.74, 6) is 1.76. The van der Waals surface area contributed by atoms with Crippen molar-refractivity contribution in [3.05, 3.63) is 23.3 Å². The fraction of sp³-hybridized carbons (Fsp3) is 0.600. The van der Waals surface area contributed by atoms with Crippen LogP contribution >= 0.6 is 17.0 Å². The third-order valence-corrected chi connectivity index (χ3v) is 3.64. The molecule has 1 aliphatic carbocycles. The van der Waals surface area contributed by atoms with Gasteiger partial charge in [0.05, 0.1) is 14.2 Å². The van der Waals surface area contributed by atoms with Gasteiger partial charge in [0.2, 0.25) is 0 Å². The van der Waals surface area contributed by atoms with E-state index in [1.807, 2.05) is 6.07 Å². The lowest BCUT2D eigenvalue weighted by Gasteiger charge is -2.27. The lowest BCUT2D eigenvalue weighted by atomic mass is 9.87. The van der Waals surface area contributed by atoms with E-state index < -0.39 is 0 Å². The van der Waals surface area contributed by atoms with Crippen molar-refractivity contribution in [1.29, 1.82) is 0 Å². The van der Waals surface area contributed by atoms with E-state index >= 15 is 0 Å². The van der Waals surface area contributed by atoms with Gasteiger partial charge in [0.15, 0.2) is 11.5 Å². The standard InChI is InChI=1S/C15H23NO2.BrH/c1-4-9-16-12-6-7-13-11(10-12)5-8-14(17-2)15(13)18-3;/h5,8,12,16H,4,6-7,9-10H2,1-3H3;1H/t12-;/m0./s1. The highest BCUT2D eigenvalue weighted by molar-refractivity contribution is 8.93. The number of hydrogen-bond acceptors (Lipinski definition) is 3. The smallest absolute Gasteiger partial charge is 0.164 e. The zero-order chi connectivity index (χ0) is 13.0. The Kier molecular flexibility index (Phi) is 6.66. The Balaban J connectivity index is 0.00000180. The molecule has 0 spiro atoms. The molecule has 19 heavy (non-hydrogen) atoms. The van der Waals surface area contributed by atoms with Crippen LogP contribution in [0.25, 0.3) is 0 Å². The molecule has 108 valence electrons. The van der Waals surface area contributed by atoms with Crippen molar-refractivity contribution in [2.24, 2.45) is 0 Å². The first-order valence-electron chi connectivity index (χ1n) is 6.76. The van der Waals surface area contributed by atoms with Gasteiger partial charge in [-0.15, -0.1) is 17.0 Å². The van der Waals surface area contributed by atoms with Crippen LogP contribution in [0.1, 0.15) is 30.9 Å². The molecule has 0 heterocycles. The van der Waals surface area contributed by atoms with Gasteiger partial charge in [-0.1, -0.05) is 13.0 Å². The molecule has 0 fully saturated rings. The highest BCUT2D eigenvalue weighted by Gasteiger charge is 2.22. The quantitative estimate of drug-likeness (QED) is 0.900. The van der Waals surface area contributed by atoms with Gasteiger partial charge in [-0.05, 0) is 43.9 Å². The van der Waals surface area contributed by atoms with Crippen LogP contribution in [0.3, 0.4) is 0 Å². The van der Waals surface area contributed by atoms with Gasteiger partial charge in [0.25, 0.3) is 0 Å². The fourth-order valence-corrected chi connectivity index (χ4v) is 2.71. The normalized spacial score (nSPS) is 17.3. The van der Waals surface area contributed by atoms with Crippen molar-refractivity contribution in [2.75, 3.05) is 20.8 Å². The van der Waals surface area contributed by atoms with Gasteiger partial charge in [-0.3, -0.25) is 0 Å². The number of halogens is 1. The third kappa shape index (κ3) is 3.63. The zero-order valence-corrected chi connectivity index (χ0v) is 13.7. The summed E-state index contributed by atoms with van der Waals surface area (Å²) in [5, 5.41) is 3.61. The van der Waals surface area contributed by atoms with Crippen molar-refractivity contribution in [2.45, 2.75) is 38.6 Å². The van der Waals surface area contributed by atoms with Gasteiger partial charge in [-0.2, -0.15) is 0 Å². The first kappa shape index (κ1) is 16.3. The summed E-state index contributed by atoms with van der Waals surface area (Å²) in [7, 11) is 3.41. The second-order valence-corrected chi connectivity index (χ2v) is 4.83. The molecule has 4 heteroatoms. The summed E-state index contributed by atoms with van der Waals surface area (Å²) < 4.78 is 10.9. The Labute approximate surface area is 126 Å². The van der Waals surface area contributed by atoms with E-state index in [9.17, 15) is 0 Å². The van der Waals surface area contributed by atoms with Crippen molar-refractivity contribution >= 4 is 17.0 Å². The van der Waals surface area contributed by atoms with Crippen molar-refractivity contribution in [1.82, 2.24) is 5.32 Å². The molecule has 0 saturated carbocycles. The Morgan fingerprint density at radius 1 is 1.26 bits per heavy atom. The molecular formula is C15H24BrNO2. The van der Waals surface area contributed by atoms with Crippen LogP contribution in [0, 0.1) is 0 Å². The van der Waals surface area contributed by atoms with Crippen LogP contribution < -0.4 is 14.8 Å². The molecule has 1 aliphatic rings. The van der Waals surface area contributed by atoms with E-state index in [4.69, 9.17) is 9.47 Å². The first-order valence-corrected chi connectivity index (χ1v) is 6.76. The van der Waals surface area contributed by atoms with E-state index in [2.05, 4.69) is 18.3 Å². The van der Waals surface area contributed by atoms with Crippen molar-refractivity contribution < 1.29 is 9.47 Å². The van der Waals surface area contributed by atoms with E-state index in [1.165, 1.54) is 24.0 Å². The predicted octanol–water partition coefficient (Wildman–Crippen LogP) is 3.14. The topological polar surface area (TPSA) is 30.5 Å². The number of ether oxygens (including phenoxy) is 2. The number of rotatable bonds is 5. The van der Waals surface area contributed by atoms with Gasteiger partial charge in [0.1, 0.15) is 0 Å². The summed E-state index contributed by atoms with van der Waals surface area (Å²) in [5.41, 5.74) is 2.72. The largest absolute Gasteiger partial charge is 0.493 e. The minimum Gasteiger partial charge on any atom is -0.493 e. The lowest BCUT2D eigenvalue weighted by molar-refractivity contribution is 0.346. The van der Waals surface area contributed by atoms with Crippen LogP contribution in [0.2, 0.25) is 0 Å². The predicted molar refractivity (Wildman–Crippen MR) is 84.0 cm³/mol. The van der Waals surface area contributed by atoms with Crippen LogP contribution in [-0.2, 0) is 12.8 Å². The molecule has 1 aromatic rings. The number of fused-ring (bicyclic) bond motifs is 1. The van der Waals surface area contributed by atoms with Gasteiger partial charge in [-0.25, -0.2) is 0 Å². The first-order chi connectivity index (χ1) is 8.80. The number of hydrogen-bond donors (Lipinski definition) is 1. The molecule has 1 aromatic carbocycles. The number of benzene rings is 1. The summed E-state index contributed by atoms with van der Waals surface area (Å²) in [6.45, 7) is 3.31. The Morgan fingerprint density at radius 2 is 2.05 bits per heavy atom. The van der Waals surface area contributed by atoms with Crippen LogP contribution in [0.4, 0.5) is 0 Å². The maximum absolute atomic E-state index is 5.51. The summed E-state index contributed by atoms with van der Waals surface area (Å²) in [6, 6.07) is 4.80. The van der Waals surface area contributed by atoms with Crippen LogP contribution in [0.5, 0.6) is 11.5 Å². The average Bonchev–Trinajstić information content (AvgIpc) is 2.43. The molecule has 0 aromatic heterocycles. The molecule has 1 N–H and O–H groups in total. The van der Waals surface area contributed by atoms with Gasteiger partial charge < -0.3 is 14.8 Å². The molecular weight excluding hydrogens is 306 g/mol. The minimum atomic E-state index is 0. The Bertz CT molecular complexity index is 409. The summed E-state index contributed by atoms with van der Waals surface area (Å²) in [4.78, 5) is 0. The highest BCUT2D eigenvalue weighted by Crippen LogP contribution is 2.37. The molecule has 0 unspecified atom stereocenters. The molecule has 0 aliphatic heterocycles. The van der Waals surface area contributed by atoms with E-state index in [-0.39, 0.29) is 17.0 Å². The molecule has 1 atom stereocenters. The van der Waals surface area contributed by atoms with Crippen LogP contribution in [0.15, 0.2) is 12.1 Å². The van der Waals surface area contributed by atoms with E-state index in [0.29, 0.717) is 6.04 Å². The minimum absolute atomic E-state index is 0. The molecule has 0 bridgehead atoms. The maximum Gasteiger partial charge on any atom is 0.164 e. The lowest BCUT2D eigenvalue weighted by Crippen LogP contribution is -2.35. The third-order valence-electron chi connectivity index (χ3n) is 3.64. The highest BCUT2D eigenvalue weighted by atomic mass is 79.9. The second kappa shape index (κ2) is 7.75. The Hall–Kier alpha value is -0.740. The molecule has 2 rings (SSSR count). The van der Waals surface area contributed by atoms with E-state index in [0.717, 1.165) is 30.9 Å². The number of nitrogens with one attached hydrogen (secondary N) is 1. The monoisotopic (exact) mass is 329 g/mol. The average molecular weight is 330 g/mol. The zero-order valence-electron chi connectivity index (χ0n) is 12.0. The van der Waals surface area contributed by atoms with Crippen molar-refractivity contribution in [3.63, 3.8) is 0 Å². The molecule has 3 nitrogen and oxygen atoms in total. The maximum atomic E-state index is 5.51.